The Kier molecular flexibility index (Phi) is 3.08. The second-order valence-corrected chi connectivity index (χ2v) is 3.16. The minimum Gasteiger partial charge on any atom is -0.342 e. The summed E-state index contributed by atoms with van der Waals surface area (Å²) in [5.74, 6) is 1.80. The maximum atomic E-state index is 5.09. The first-order chi connectivity index (χ1) is 7.40. The highest BCUT2D eigenvalue weighted by molar-refractivity contribution is 5.40. The fourth-order valence-corrected chi connectivity index (χ4v) is 1.26. The SMILES string of the molecule is CNCCCc1nc(-c2ncc[nH]2)no1. The van der Waals surface area contributed by atoms with Crippen molar-refractivity contribution >= 4 is 0 Å². The fraction of sp³-hybridized carbons (Fsp3) is 0.444. The molecular formula is C9H13N5O. The van der Waals surface area contributed by atoms with E-state index < -0.39 is 0 Å². The Balaban J connectivity index is 1.98. The third kappa shape index (κ3) is 2.41. The lowest BCUT2D eigenvalue weighted by atomic mass is 10.3. The molecule has 0 aliphatic rings. The zero-order valence-corrected chi connectivity index (χ0v) is 8.53. The second kappa shape index (κ2) is 4.70. The van der Waals surface area contributed by atoms with Crippen molar-refractivity contribution in [1.82, 2.24) is 25.4 Å². The molecule has 0 bridgehead atoms. The average molecular weight is 207 g/mol. The van der Waals surface area contributed by atoms with E-state index in [0.717, 1.165) is 19.4 Å². The molecule has 2 N–H and O–H groups in total. The summed E-state index contributed by atoms with van der Waals surface area (Å²) in [6.07, 6.45) is 5.16. The van der Waals surface area contributed by atoms with Crippen molar-refractivity contribution in [1.29, 1.82) is 0 Å². The van der Waals surface area contributed by atoms with Gasteiger partial charge in [-0.2, -0.15) is 4.98 Å². The Morgan fingerprint density at radius 1 is 1.53 bits per heavy atom. The minimum atomic E-state index is 0.513. The zero-order chi connectivity index (χ0) is 10.5. The van der Waals surface area contributed by atoms with Gasteiger partial charge in [-0.05, 0) is 20.0 Å². The zero-order valence-electron chi connectivity index (χ0n) is 8.53. The normalized spacial score (nSPS) is 10.7. The van der Waals surface area contributed by atoms with E-state index in [2.05, 4.69) is 25.4 Å². The van der Waals surface area contributed by atoms with Crippen LogP contribution in [0.5, 0.6) is 0 Å². The number of aromatic amines is 1. The van der Waals surface area contributed by atoms with Gasteiger partial charge >= 0.3 is 0 Å². The van der Waals surface area contributed by atoms with Crippen LogP contribution in [-0.4, -0.2) is 33.7 Å². The lowest BCUT2D eigenvalue weighted by molar-refractivity contribution is 0.375. The molecule has 0 aliphatic heterocycles. The summed E-state index contributed by atoms with van der Waals surface area (Å²) in [4.78, 5) is 11.2. The van der Waals surface area contributed by atoms with Gasteiger partial charge in [-0.25, -0.2) is 4.98 Å². The molecule has 6 nitrogen and oxygen atoms in total. The van der Waals surface area contributed by atoms with Crippen molar-refractivity contribution in [3.63, 3.8) is 0 Å². The van der Waals surface area contributed by atoms with Gasteiger partial charge in [0.1, 0.15) is 0 Å². The summed E-state index contributed by atoms with van der Waals surface area (Å²) in [6, 6.07) is 0. The molecule has 0 aliphatic carbocycles. The van der Waals surface area contributed by atoms with Crippen LogP contribution in [0, 0.1) is 0 Å². The standard InChI is InChI=1S/C9H13N5O/c1-10-4-2-3-7-13-9(14-15-7)8-11-5-6-12-8/h5-6,10H,2-4H2,1H3,(H,11,12). The summed E-state index contributed by atoms with van der Waals surface area (Å²) >= 11 is 0. The first-order valence-electron chi connectivity index (χ1n) is 4.87. The van der Waals surface area contributed by atoms with Crippen LogP contribution < -0.4 is 5.32 Å². The van der Waals surface area contributed by atoms with Crippen LogP contribution in [0.1, 0.15) is 12.3 Å². The summed E-state index contributed by atoms with van der Waals surface area (Å²) in [7, 11) is 1.92. The van der Waals surface area contributed by atoms with E-state index >= 15 is 0 Å². The molecule has 6 heteroatoms. The maximum Gasteiger partial charge on any atom is 0.238 e. The number of nitrogens with one attached hydrogen (secondary N) is 2. The number of aromatic nitrogens is 4. The molecule has 0 saturated carbocycles. The lowest BCUT2D eigenvalue weighted by Crippen LogP contribution is -2.08. The van der Waals surface area contributed by atoms with E-state index in [1.54, 1.807) is 12.4 Å². The van der Waals surface area contributed by atoms with Gasteiger partial charge in [0.2, 0.25) is 11.7 Å². The van der Waals surface area contributed by atoms with Crippen LogP contribution in [0.25, 0.3) is 11.6 Å². The van der Waals surface area contributed by atoms with Crippen LogP contribution in [0.15, 0.2) is 16.9 Å². The van der Waals surface area contributed by atoms with E-state index in [9.17, 15) is 0 Å². The molecule has 0 atom stereocenters. The van der Waals surface area contributed by atoms with Crippen molar-refractivity contribution in [2.24, 2.45) is 0 Å². The van der Waals surface area contributed by atoms with E-state index in [1.807, 2.05) is 7.05 Å². The van der Waals surface area contributed by atoms with E-state index in [-0.39, 0.29) is 0 Å². The first kappa shape index (κ1) is 9.85. The van der Waals surface area contributed by atoms with Gasteiger partial charge in [0.05, 0.1) is 0 Å². The highest BCUT2D eigenvalue weighted by Crippen LogP contribution is 2.10. The van der Waals surface area contributed by atoms with Crippen molar-refractivity contribution in [2.45, 2.75) is 12.8 Å². The predicted octanol–water partition coefficient (Wildman–Crippen LogP) is 0.612. The average Bonchev–Trinajstić information content (AvgIpc) is 2.87. The molecule has 2 rings (SSSR count). The molecule has 0 spiro atoms. The van der Waals surface area contributed by atoms with Crippen molar-refractivity contribution in [3.8, 4) is 11.6 Å². The fourth-order valence-electron chi connectivity index (χ4n) is 1.26. The summed E-state index contributed by atoms with van der Waals surface area (Å²) in [5.41, 5.74) is 0. The number of hydrogen-bond acceptors (Lipinski definition) is 5. The maximum absolute atomic E-state index is 5.09. The van der Waals surface area contributed by atoms with Gasteiger partial charge in [-0.3, -0.25) is 0 Å². The van der Waals surface area contributed by atoms with E-state index in [1.165, 1.54) is 0 Å². The molecule has 15 heavy (non-hydrogen) atoms. The van der Waals surface area contributed by atoms with E-state index in [0.29, 0.717) is 17.5 Å². The molecule has 0 unspecified atom stereocenters. The predicted molar refractivity (Wildman–Crippen MR) is 54.1 cm³/mol. The lowest BCUT2D eigenvalue weighted by Gasteiger charge is -1.93. The topological polar surface area (TPSA) is 79.6 Å². The molecule has 0 amide bonds. The Morgan fingerprint density at radius 2 is 2.47 bits per heavy atom. The number of nitrogens with zero attached hydrogens (tertiary/aromatic N) is 3. The van der Waals surface area contributed by atoms with E-state index in [4.69, 9.17) is 4.52 Å². The number of hydrogen-bond donors (Lipinski definition) is 2. The summed E-state index contributed by atoms with van der Waals surface area (Å²) < 4.78 is 5.09. The van der Waals surface area contributed by atoms with Crippen LogP contribution in [-0.2, 0) is 6.42 Å². The van der Waals surface area contributed by atoms with Gasteiger partial charge in [-0.15, -0.1) is 0 Å². The van der Waals surface area contributed by atoms with Gasteiger partial charge in [-0.1, -0.05) is 5.16 Å². The Morgan fingerprint density at radius 3 is 3.20 bits per heavy atom. The third-order valence-electron chi connectivity index (χ3n) is 2.00. The van der Waals surface area contributed by atoms with Crippen LogP contribution in [0.2, 0.25) is 0 Å². The number of rotatable bonds is 5. The van der Waals surface area contributed by atoms with Gasteiger partial charge in [0.25, 0.3) is 0 Å². The first-order valence-corrected chi connectivity index (χ1v) is 4.87. The largest absolute Gasteiger partial charge is 0.342 e. The number of aryl methyl sites for hydroxylation is 1. The van der Waals surface area contributed by atoms with Gasteiger partial charge in [0.15, 0.2) is 5.82 Å². The van der Waals surface area contributed by atoms with Crippen molar-refractivity contribution in [2.75, 3.05) is 13.6 Å². The monoisotopic (exact) mass is 207 g/mol. The molecule has 0 fully saturated rings. The van der Waals surface area contributed by atoms with Crippen molar-refractivity contribution in [3.05, 3.63) is 18.3 Å². The Hall–Kier alpha value is -1.69. The van der Waals surface area contributed by atoms with Crippen LogP contribution >= 0.6 is 0 Å². The van der Waals surface area contributed by atoms with Gasteiger partial charge in [0, 0.05) is 18.8 Å². The quantitative estimate of drug-likeness (QED) is 0.702. The van der Waals surface area contributed by atoms with Gasteiger partial charge < -0.3 is 14.8 Å². The summed E-state index contributed by atoms with van der Waals surface area (Å²) in [6.45, 7) is 0.943. The molecule has 0 aromatic carbocycles. The number of H-pyrrole nitrogens is 1. The number of imidazole rings is 1. The molecule has 0 radical (unpaired) electrons. The molecule has 2 heterocycles. The molecule has 2 aromatic heterocycles. The highest BCUT2D eigenvalue weighted by atomic mass is 16.5. The third-order valence-corrected chi connectivity index (χ3v) is 2.00. The molecule has 0 saturated heterocycles. The smallest absolute Gasteiger partial charge is 0.238 e. The van der Waals surface area contributed by atoms with Crippen LogP contribution in [0.3, 0.4) is 0 Å². The highest BCUT2D eigenvalue weighted by Gasteiger charge is 2.09. The summed E-state index contributed by atoms with van der Waals surface area (Å²) in [5, 5.41) is 6.90. The van der Waals surface area contributed by atoms with Crippen molar-refractivity contribution < 1.29 is 4.52 Å². The molecule has 2 aromatic rings. The Bertz CT molecular complexity index is 394. The minimum absolute atomic E-state index is 0.513. The molecular weight excluding hydrogens is 194 g/mol. The van der Waals surface area contributed by atoms with Crippen LogP contribution in [0.4, 0.5) is 0 Å². The Labute approximate surface area is 87.1 Å². The molecule has 80 valence electrons. The second-order valence-electron chi connectivity index (χ2n) is 3.16.